The first-order valence-electron chi connectivity index (χ1n) is 8.56. The van der Waals surface area contributed by atoms with Gasteiger partial charge in [-0.15, -0.1) is 0 Å². The van der Waals surface area contributed by atoms with Crippen molar-refractivity contribution < 1.29 is 0 Å². The number of nitrogens with zero attached hydrogens (tertiary/aromatic N) is 1. The Hall–Kier alpha value is -0.760. The van der Waals surface area contributed by atoms with E-state index in [0.29, 0.717) is 5.92 Å². The molecule has 20 heavy (non-hydrogen) atoms. The molecule has 0 saturated heterocycles. The number of hydrogen-bond acceptors (Lipinski definition) is 1. The van der Waals surface area contributed by atoms with Crippen LogP contribution in [-0.2, 0) is 6.54 Å². The van der Waals surface area contributed by atoms with Crippen LogP contribution in [0.5, 0.6) is 0 Å². The minimum atomic E-state index is 0.176. The summed E-state index contributed by atoms with van der Waals surface area (Å²) in [6.07, 6.45) is 15.4. The summed E-state index contributed by atoms with van der Waals surface area (Å²) in [6, 6.07) is 2.35. The van der Waals surface area contributed by atoms with Crippen LogP contribution >= 0.6 is 0 Å². The quantitative estimate of drug-likeness (QED) is 0.548. The highest BCUT2D eigenvalue weighted by molar-refractivity contribution is 5.15. The lowest BCUT2D eigenvalue weighted by molar-refractivity contribution is 0.511. The molecular weight excluding hydrogens is 244 g/mol. The molecule has 0 aliphatic carbocycles. The lowest BCUT2D eigenvalue weighted by Gasteiger charge is -2.13. The lowest BCUT2D eigenvalue weighted by atomic mass is 10.00. The van der Waals surface area contributed by atoms with E-state index >= 15 is 0 Å². The van der Waals surface area contributed by atoms with Crippen LogP contribution in [0.4, 0.5) is 0 Å². The Balaban J connectivity index is 2.10. The Labute approximate surface area is 125 Å². The Bertz CT molecular complexity index is 341. The van der Waals surface area contributed by atoms with E-state index in [9.17, 15) is 0 Å². The van der Waals surface area contributed by atoms with Gasteiger partial charge in [0.25, 0.3) is 0 Å². The third-order valence-corrected chi connectivity index (χ3v) is 4.15. The van der Waals surface area contributed by atoms with E-state index in [1.54, 1.807) is 0 Å². The van der Waals surface area contributed by atoms with Crippen LogP contribution in [-0.4, -0.2) is 4.57 Å². The molecule has 0 radical (unpaired) electrons. The minimum Gasteiger partial charge on any atom is -0.354 e. The van der Waals surface area contributed by atoms with E-state index in [4.69, 9.17) is 5.73 Å². The van der Waals surface area contributed by atoms with Gasteiger partial charge in [-0.3, -0.25) is 0 Å². The highest BCUT2D eigenvalue weighted by Gasteiger charge is 2.11. The van der Waals surface area contributed by atoms with Crippen molar-refractivity contribution in [2.75, 3.05) is 0 Å². The van der Waals surface area contributed by atoms with Gasteiger partial charge in [-0.05, 0) is 24.0 Å². The minimum absolute atomic E-state index is 0.176. The van der Waals surface area contributed by atoms with E-state index in [-0.39, 0.29) is 6.04 Å². The van der Waals surface area contributed by atoms with Gasteiger partial charge in [0, 0.05) is 25.0 Å². The van der Waals surface area contributed by atoms with E-state index < -0.39 is 0 Å². The summed E-state index contributed by atoms with van der Waals surface area (Å²) in [6.45, 7) is 7.78. The van der Waals surface area contributed by atoms with Crippen LogP contribution in [0.1, 0.15) is 83.7 Å². The van der Waals surface area contributed by atoms with E-state index in [2.05, 4.69) is 43.8 Å². The normalized spacial score (nSPS) is 13.1. The molecule has 2 nitrogen and oxygen atoms in total. The van der Waals surface area contributed by atoms with Crippen LogP contribution in [0.3, 0.4) is 0 Å². The number of hydrogen-bond donors (Lipinski definition) is 1. The summed E-state index contributed by atoms with van der Waals surface area (Å²) in [7, 11) is 0. The number of aromatic nitrogens is 1. The molecule has 0 saturated carbocycles. The highest BCUT2D eigenvalue weighted by Crippen LogP contribution is 2.19. The molecule has 0 aromatic carbocycles. The number of aryl methyl sites for hydroxylation is 1. The summed E-state index contributed by atoms with van der Waals surface area (Å²) in [4.78, 5) is 0. The first-order chi connectivity index (χ1) is 9.65. The maximum atomic E-state index is 6.17. The van der Waals surface area contributed by atoms with Gasteiger partial charge < -0.3 is 10.3 Å². The predicted molar refractivity (Wildman–Crippen MR) is 88.8 cm³/mol. The number of unbranched alkanes of at least 4 members (excludes halogenated alkanes) is 7. The molecule has 0 aliphatic rings. The molecule has 1 heterocycles. The fourth-order valence-corrected chi connectivity index (χ4v) is 2.61. The molecule has 0 spiro atoms. The first-order valence-corrected chi connectivity index (χ1v) is 8.56. The largest absolute Gasteiger partial charge is 0.354 e. The molecule has 1 atom stereocenters. The second kappa shape index (κ2) is 10.0. The van der Waals surface area contributed by atoms with Crippen LogP contribution in [0.25, 0.3) is 0 Å². The summed E-state index contributed by atoms with van der Waals surface area (Å²) in [5.74, 6) is 0.508. The first kappa shape index (κ1) is 17.3. The van der Waals surface area contributed by atoms with Crippen LogP contribution < -0.4 is 5.73 Å². The molecule has 1 unspecified atom stereocenters. The van der Waals surface area contributed by atoms with Gasteiger partial charge in [0.05, 0.1) is 0 Å². The second-order valence-electron chi connectivity index (χ2n) is 6.43. The van der Waals surface area contributed by atoms with Gasteiger partial charge in [0.2, 0.25) is 0 Å². The summed E-state index contributed by atoms with van der Waals surface area (Å²) >= 11 is 0. The molecule has 0 fully saturated rings. The average Bonchev–Trinajstić information content (AvgIpc) is 2.89. The van der Waals surface area contributed by atoms with Crippen molar-refractivity contribution in [1.82, 2.24) is 4.57 Å². The lowest BCUT2D eigenvalue weighted by Crippen LogP contribution is -2.15. The number of rotatable bonds is 11. The Morgan fingerprint density at radius 3 is 2.20 bits per heavy atom. The summed E-state index contributed by atoms with van der Waals surface area (Å²) < 4.78 is 2.30. The van der Waals surface area contributed by atoms with Crippen LogP contribution in [0.15, 0.2) is 18.5 Å². The predicted octanol–water partition coefficient (Wildman–Crippen LogP) is 5.28. The standard InChI is InChI=1S/C18H34N2/c1-4-5-6-7-8-9-10-11-13-20-14-12-17(15-20)18(19)16(2)3/h12,14-16,18H,4-11,13,19H2,1-3H3. The smallest absolute Gasteiger partial charge is 0.0333 e. The maximum absolute atomic E-state index is 6.17. The van der Waals surface area contributed by atoms with Gasteiger partial charge in [-0.2, -0.15) is 0 Å². The van der Waals surface area contributed by atoms with Gasteiger partial charge >= 0.3 is 0 Å². The molecule has 2 heteroatoms. The van der Waals surface area contributed by atoms with Crippen molar-refractivity contribution in [3.05, 3.63) is 24.0 Å². The molecule has 116 valence electrons. The zero-order chi connectivity index (χ0) is 14.8. The Kier molecular flexibility index (Phi) is 8.68. The SMILES string of the molecule is CCCCCCCCCCn1ccc(C(N)C(C)C)c1. The topological polar surface area (TPSA) is 30.9 Å². The molecule has 1 aromatic rings. The Morgan fingerprint density at radius 1 is 1.00 bits per heavy atom. The average molecular weight is 278 g/mol. The molecule has 0 amide bonds. The van der Waals surface area contributed by atoms with Crippen molar-refractivity contribution in [2.24, 2.45) is 11.7 Å². The second-order valence-corrected chi connectivity index (χ2v) is 6.43. The molecule has 2 N–H and O–H groups in total. The third kappa shape index (κ3) is 6.60. The maximum Gasteiger partial charge on any atom is 0.0333 e. The molecule has 1 rings (SSSR count). The van der Waals surface area contributed by atoms with Crippen molar-refractivity contribution >= 4 is 0 Å². The van der Waals surface area contributed by atoms with Crippen LogP contribution in [0.2, 0.25) is 0 Å². The number of nitrogens with two attached hydrogens (primary N) is 1. The molecule has 0 bridgehead atoms. The van der Waals surface area contributed by atoms with Crippen molar-refractivity contribution in [1.29, 1.82) is 0 Å². The van der Waals surface area contributed by atoms with E-state index in [1.165, 1.54) is 56.9 Å². The van der Waals surface area contributed by atoms with E-state index in [0.717, 1.165) is 6.54 Å². The molecular formula is C18H34N2. The fraction of sp³-hybridized carbons (Fsp3) is 0.778. The van der Waals surface area contributed by atoms with Gasteiger partial charge in [0.1, 0.15) is 0 Å². The van der Waals surface area contributed by atoms with Gasteiger partial charge in [0.15, 0.2) is 0 Å². The fourth-order valence-electron chi connectivity index (χ4n) is 2.61. The Morgan fingerprint density at radius 2 is 1.60 bits per heavy atom. The zero-order valence-corrected chi connectivity index (χ0v) is 13.8. The molecule has 1 aromatic heterocycles. The van der Waals surface area contributed by atoms with Crippen molar-refractivity contribution in [3.8, 4) is 0 Å². The van der Waals surface area contributed by atoms with Gasteiger partial charge in [-0.25, -0.2) is 0 Å². The van der Waals surface area contributed by atoms with Crippen molar-refractivity contribution in [3.63, 3.8) is 0 Å². The summed E-state index contributed by atoms with van der Waals surface area (Å²) in [5.41, 5.74) is 7.45. The third-order valence-electron chi connectivity index (χ3n) is 4.15. The van der Waals surface area contributed by atoms with Crippen molar-refractivity contribution in [2.45, 2.75) is 84.7 Å². The molecule has 0 aliphatic heterocycles. The van der Waals surface area contributed by atoms with Gasteiger partial charge in [-0.1, -0.05) is 65.7 Å². The van der Waals surface area contributed by atoms with E-state index in [1.807, 2.05) is 0 Å². The summed E-state index contributed by atoms with van der Waals surface area (Å²) in [5, 5.41) is 0. The highest BCUT2D eigenvalue weighted by atomic mass is 14.9. The zero-order valence-electron chi connectivity index (χ0n) is 13.8. The monoisotopic (exact) mass is 278 g/mol. The van der Waals surface area contributed by atoms with Crippen LogP contribution in [0, 0.1) is 5.92 Å².